The van der Waals surface area contributed by atoms with Crippen LogP contribution >= 0.6 is 22.9 Å². The zero-order valence-electron chi connectivity index (χ0n) is 21.6. The molecule has 0 bridgehead atoms. The van der Waals surface area contributed by atoms with Crippen LogP contribution in [0.3, 0.4) is 0 Å². The van der Waals surface area contributed by atoms with Gasteiger partial charge in [0.15, 0.2) is 11.5 Å². The summed E-state index contributed by atoms with van der Waals surface area (Å²) in [6.45, 7) is 0.723. The number of amides is 2. The third kappa shape index (κ3) is 6.48. The summed E-state index contributed by atoms with van der Waals surface area (Å²) in [5.74, 6) is -1.07. The van der Waals surface area contributed by atoms with Gasteiger partial charge in [-0.05, 0) is 49.8 Å². The highest BCUT2D eigenvalue weighted by atomic mass is 35.5. The molecule has 2 fully saturated rings. The van der Waals surface area contributed by atoms with Gasteiger partial charge in [0.1, 0.15) is 16.8 Å². The molecule has 1 unspecified atom stereocenters. The van der Waals surface area contributed by atoms with Crippen molar-refractivity contribution in [2.75, 3.05) is 25.1 Å². The Labute approximate surface area is 239 Å². The van der Waals surface area contributed by atoms with E-state index >= 15 is 0 Å². The molecule has 2 aliphatic rings. The molecule has 14 heteroatoms. The molecule has 5 rings (SSSR count). The number of hydrogen-bond acceptors (Lipinski definition) is 8. The van der Waals surface area contributed by atoms with Gasteiger partial charge >= 0.3 is 0 Å². The Hall–Kier alpha value is -3.00. The van der Waals surface area contributed by atoms with E-state index in [0.717, 1.165) is 29.9 Å². The highest BCUT2D eigenvalue weighted by molar-refractivity contribution is 7.89. The molecule has 0 radical (unpaired) electrons. The molecule has 214 valence electrons. The van der Waals surface area contributed by atoms with Crippen LogP contribution in [0.1, 0.15) is 37.8 Å². The third-order valence-corrected chi connectivity index (χ3v) is 9.49. The molecule has 1 aliphatic heterocycles. The first-order valence-corrected chi connectivity index (χ1v) is 15.5. The molecular weight excluding hydrogens is 583 g/mol. The van der Waals surface area contributed by atoms with Crippen molar-refractivity contribution < 1.29 is 31.7 Å². The Bertz CT molecular complexity index is 1520. The number of sulfonamides is 1. The van der Waals surface area contributed by atoms with E-state index in [1.54, 1.807) is 18.2 Å². The van der Waals surface area contributed by atoms with Crippen LogP contribution in [0.4, 0.5) is 10.1 Å². The fourth-order valence-electron chi connectivity index (χ4n) is 4.53. The summed E-state index contributed by atoms with van der Waals surface area (Å²) in [4.78, 5) is 27.3. The van der Waals surface area contributed by atoms with Gasteiger partial charge in [0.2, 0.25) is 21.8 Å². The molecule has 0 spiro atoms. The average molecular weight is 611 g/mol. The number of piperidine rings is 1. The molecule has 3 aromatic rings. The summed E-state index contributed by atoms with van der Waals surface area (Å²) in [5, 5.41) is 6.80. The van der Waals surface area contributed by atoms with Crippen molar-refractivity contribution in [2.24, 2.45) is 5.92 Å². The monoisotopic (exact) mass is 610 g/mol. The molecule has 1 aliphatic carbocycles. The first kappa shape index (κ1) is 28.5. The van der Waals surface area contributed by atoms with E-state index in [2.05, 4.69) is 15.2 Å². The number of hydrogen-bond donors (Lipinski definition) is 2. The number of carbonyl (C=O) groups excluding carboxylic acids is 2. The number of nitrogens with zero attached hydrogens (tertiary/aromatic N) is 2. The fourth-order valence-corrected chi connectivity index (χ4v) is 6.91. The van der Waals surface area contributed by atoms with E-state index in [1.165, 1.54) is 23.3 Å². The van der Waals surface area contributed by atoms with Gasteiger partial charge in [-0.1, -0.05) is 16.8 Å². The minimum Gasteiger partial charge on any atom is -0.493 e. The molecule has 2 amide bonds. The number of benzene rings is 1. The molecule has 10 nitrogen and oxygen atoms in total. The van der Waals surface area contributed by atoms with Crippen LogP contribution in [0.15, 0.2) is 39.8 Å². The summed E-state index contributed by atoms with van der Waals surface area (Å²) < 4.78 is 55.9. The van der Waals surface area contributed by atoms with Crippen LogP contribution in [0.25, 0.3) is 10.6 Å². The normalized spacial score (nSPS) is 16.7. The second-order valence-corrected chi connectivity index (χ2v) is 13.2. The zero-order chi connectivity index (χ0) is 28.4. The number of nitrogens with one attached hydrogen (secondary N) is 2. The molecule has 2 N–H and O–H groups in total. The summed E-state index contributed by atoms with van der Waals surface area (Å²) in [5.41, 5.74) is 0.359. The van der Waals surface area contributed by atoms with Gasteiger partial charge in [-0.3, -0.25) is 9.59 Å². The maximum Gasteiger partial charge on any atom is 0.245 e. The summed E-state index contributed by atoms with van der Waals surface area (Å²) >= 11 is 7.30. The van der Waals surface area contributed by atoms with Crippen LogP contribution in [-0.4, -0.2) is 51.6 Å². The fraction of sp³-hybridized carbons (Fsp3) is 0.423. The number of anilines is 1. The quantitative estimate of drug-likeness (QED) is 0.334. The summed E-state index contributed by atoms with van der Waals surface area (Å²) in [6.07, 6.45) is 3.50. The molecular formula is C26H28ClFN4O6S2. The minimum atomic E-state index is -4.52. The highest BCUT2D eigenvalue weighted by Crippen LogP contribution is 2.38. The van der Waals surface area contributed by atoms with Crippen molar-refractivity contribution in [1.29, 1.82) is 0 Å². The van der Waals surface area contributed by atoms with Gasteiger partial charge < -0.3 is 19.5 Å². The number of thiophene rings is 1. The lowest BCUT2D eigenvalue weighted by atomic mass is 10.1. The Balaban J connectivity index is 1.44. The molecule has 3 heterocycles. The van der Waals surface area contributed by atoms with Crippen LogP contribution in [-0.2, 0) is 26.0 Å². The largest absolute Gasteiger partial charge is 0.493 e. The summed E-state index contributed by atoms with van der Waals surface area (Å²) in [6, 6.07) is 5.69. The van der Waals surface area contributed by atoms with Gasteiger partial charge in [-0.25, -0.2) is 12.8 Å². The first-order chi connectivity index (χ1) is 19.1. The minimum absolute atomic E-state index is 0.0260. The Morgan fingerprint density at radius 2 is 2.10 bits per heavy atom. The van der Waals surface area contributed by atoms with Crippen LogP contribution in [0, 0.1) is 11.7 Å². The first-order valence-electron chi connectivity index (χ1n) is 12.8. The van der Waals surface area contributed by atoms with Gasteiger partial charge in [0.05, 0.1) is 27.7 Å². The highest BCUT2D eigenvalue weighted by Gasteiger charge is 2.34. The topological polar surface area (TPSA) is 131 Å². The SMILES string of the molecule is COc1c(N2CCCCC2=O)cc(F)cc1S(=O)(=O)NC(Cc1cc(-c2ccc(Cl)s2)on1)C(=O)NCC1CC1. The van der Waals surface area contributed by atoms with E-state index in [9.17, 15) is 22.4 Å². The zero-order valence-corrected chi connectivity index (χ0v) is 24.0. The second-order valence-electron chi connectivity index (χ2n) is 9.81. The molecule has 1 atom stereocenters. The number of carbonyl (C=O) groups is 2. The van der Waals surface area contributed by atoms with E-state index in [1.807, 2.05) is 0 Å². The van der Waals surface area contributed by atoms with Crippen molar-refractivity contribution >= 4 is 50.5 Å². The van der Waals surface area contributed by atoms with Gasteiger partial charge in [0, 0.05) is 38.1 Å². The Morgan fingerprint density at radius 3 is 2.77 bits per heavy atom. The van der Waals surface area contributed by atoms with E-state index < -0.39 is 32.7 Å². The lowest BCUT2D eigenvalue weighted by molar-refractivity contribution is -0.122. The maximum absolute atomic E-state index is 14.8. The number of methoxy groups -OCH3 is 1. The smallest absolute Gasteiger partial charge is 0.245 e. The lowest BCUT2D eigenvalue weighted by Gasteiger charge is -2.29. The van der Waals surface area contributed by atoms with Crippen molar-refractivity contribution in [2.45, 2.75) is 49.5 Å². The Morgan fingerprint density at radius 1 is 1.30 bits per heavy atom. The standard InChI is InChI=1S/C26H28ClFN4O6S2/c1-37-25-19(32-9-3-2-4-24(32)33)10-16(28)11-22(25)40(35,36)31-18(26(34)29-14-15-5-6-15)12-17-13-20(38-30-17)21-7-8-23(27)39-21/h7-8,10-11,13,15,18,31H,2-6,9,12,14H2,1H3,(H,29,34). The van der Waals surface area contributed by atoms with Gasteiger partial charge in [-0.2, -0.15) is 4.72 Å². The Kier molecular flexibility index (Phi) is 8.45. The predicted octanol–water partition coefficient (Wildman–Crippen LogP) is 4.14. The van der Waals surface area contributed by atoms with Crippen molar-refractivity contribution in [3.63, 3.8) is 0 Å². The van der Waals surface area contributed by atoms with Crippen molar-refractivity contribution in [3.05, 3.63) is 46.2 Å². The van der Waals surface area contributed by atoms with Crippen molar-refractivity contribution in [1.82, 2.24) is 15.2 Å². The maximum atomic E-state index is 14.8. The number of ether oxygens (including phenoxy) is 1. The molecule has 2 aromatic heterocycles. The number of halogens is 2. The van der Waals surface area contributed by atoms with Gasteiger partial charge in [-0.15, -0.1) is 11.3 Å². The molecule has 1 saturated heterocycles. The van der Waals surface area contributed by atoms with Crippen LogP contribution < -0.4 is 19.7 Å². The number of aromatic nitrogens is 1. The van der Waals surface area contributed by atoms with Crippen molar-refractivity contribution in [3.8, 4) is 16.4 Å². The van der Waals surface area contributed by atoms with E-state index in [0.29, 0.717) is 47.6 Å². The predicted molar refractivity (Wildman–Crippen MR) is 148 cm³/mol. The van der Waals surface area contributed by atoms with Crippen LogP contribution in [0.2, 0.25) is 4.34 Å². The average Bonchev–Trinajstić information content (AvgIpc) is 3.47. The van der Waals surface area contributed by atoms with E-state index in [4.69, 9.17) is 20.9 Å². The molecule has 40 heavy (non-hydrogen) atoms. The molecule has 1 aromatic carbocycles. The van der Waals surface area contributed by atoms with Crippen LogP contribution in [0.5, 0.6) is 5.75 Å². The molecule has 1 saturated carbocycles. The third-order valence-electron chi connectivity index (χ3n) is 6.77. The lowest BCUT2D eigenvalue weighted by Crippen LogP contribution is -2.48. The second kappa shape index (κ2) is 11.9. The van der Waals surface area contributed by atoms with E-state index in [-0.39, 0.29) is 30.2 Å². The number of rotatable bonds is 11. The van der Waals surface area contributed by atoms with Gasteiger partial charge in [0.25, 0.3) is 0 Å². The summed E-state index contributed by atoms with van der Waals surface area (Å²) in [7, 11) is -3.27.